The van der Waals surface area contributed by atoms with Crippen molar-refractivity contribution in [1.29, 1.82) is 0 Å². The van der Waals surface area contributed by atoms with Crippen molar-refractivity contribution >= 4 is 11.9 Å². The third kappa shape index (κ3) is 5.93. The van der Waals surface area contributed by atoms with Gasteiger partial charge in [0.1, 0.15) is 6.33 Å². The molecule has 0 aliphatic carbocycles. The summed E-state index contributed by atoms with van der Waals surface area (Å²) in [6.07, 6.45) is 6.22. The number of aliphatic carboxylic acids is 1. The van der Waals surface area contributed by atoms with Gasteiger partial charge in [0.05, 0.1) is 12.5 Å². The van der Waals surface area contributed by atoms with Crippen LogP contribution in [0.3, 0.4) is 0 Å². The predicted molar refractivity (Wildman–Crippen MR) is 133 cm³/mol. The lowest BCUT2D eigenvalue weighted by Gasteiger charge is -2.29. The molecule has 10 heteroatoms. The van der Waals surface area contributed by atoms with Gasteiger partial charge in [0.15, 0.2) is 11.5 Å². The van der Waals surface area contributed by atoms with Crippen LogP contribution in [0.4, 0.5) is 0 Å². The number of amides is 1. The van der Waals surface area contributed by atoms with E-state index in [1.54, 1.807) is 11.1 Å². The van der Waals surface area contributed by atoms with Gasteiger partial charge in [0, 0.05) is 50.0 Å². The first-order valence-corrected chi connectivity index (χ1v) is 12.6. The normalized spacial score (nSPS) is 21.0. The minimum absolute atomic E-state index is 0.0172. The highest BCUT2D eigenvalue weighted by molar-refractivity contribution is 5.79. The molecule has 0 bridgehead atoms. The van der Waals surface area contributed by atoms with Crippen molar-refractivity contribution in [3.05, 3.63) is 48.0 Å². The van der Waals surface area contributed by atoms with Gasteiger partial charge in [0.25, 0.3) is 0 Å². The molecule has 3 heterocycles. The summed E-state index contributed by atoms with van der Waals surface area (Å²) in [4.78, 5) is 38.0. The van der Waals surface area contributed by atoms with E-state index in [0.717, 1.165) is 24.1 Å². The van der Waals surface area contributed by atoms with Crippen LogP contribution in [-0.2, 0) is 16.0 Å². The van der Waals surface area contributed by atoms with Gasteiger partial charge in [-0.15, -0.1) is 0 Å². The van der Waals surface area contributed by atoms with E-state index in [9.17, 15) is 14.7 Å². The molecule has 1 amide bonds. The molecule has 3 atom stereocenters. The molecular formula is C26H35N5O5. The van der Waals surface area contributed by atoms with E-state index < -0.39 is 11.9 Å². The van der Waals surface area contributed by atoms with Crippen LogP contribution in [0.25, 0.3) is 0 Å². The second-order valence-electron chi connectivity index (χ2n) is 9.34. The number of ether oxygens (including phenoxy) is 2. The Morgan fingerprint density at radius 2 is 2.06 bits per heavy atom. The molecule has 0 radical (unpaired) electrons. The summed E-state index contributed by atoms with van der Waals surface area (Å²) in [5, 5.41) is 10.3. The largest absolute Gasteiger partial charge is 0.481 e. The Balaban J connectivity index is 1.59. The van der Waals surface area contributed by atoms with Crippen LogP contribution in [0.5, 0.6) is 11.5 Å². The maximum Gasteiger partial charge on any atom is 0.308 e. The Morgan fingerprint density at radius 3 is 2.78 bits per heavy atom. The van der Waals surface area contributed by atoms with E-state index in [4.69, 9.17) is 15.2 Å². The first-order valence-electron chi connectivity index (χ1n) is 12.6. The van der Waals surface area contributed by atoms with Crippen molar-refractivity contribution in [3.8, 4) is 11.5 Å². The molecule has 1 aromatic heterocycles. The number of carbonyl (C=O) groups is 2. The molecule has 4 rings (SSSR count). The molecule has 194 valence electrons. The number of nitrogens with two attached hydrogens (primary N) is 1. The molecule has 2 aromatic rings. The minimum atomic E-state index is -0.870. The summed E-state index contributed by atoms with van der Waals surface area (Å²) in [7, 11) is 0. The summed E-state index contributed by atoms with van der Waals surface area (Å²) in [6, 6.07) is 7.11. The molecule has 10 nitrogen and oxygen atoms in total. The summed E-state index contributed by atoms with van der Waals surface area (Å²) < 4.78 is 11.0. The molecule has 1 fully saturated rings. The Hall–Kier alpha value is -3.24. The van der Waals surface area contributed by atoms with Crippen LogP contribution in [0.15, 0.2) is 36.8 Å². The van der Waals surface area contributed by atoms with E-state index in [-0.39, 0.29) is 31.2 Å². The van der Waals surface area contributed by atoms with Crippen LogP contribution in [-0.4, -0.2) is 82.3 Å². The second-order valence-corrected chi connectivity index (χ2v) is 9.34. The zero-order valence-electron chi connectivity index (χ0n) is 20.7. The van der Waals surface area contributed by atoms with E-state index >= 15 is 0 Å². The number of aryl methyl sites for hydroxylation is 1. The molecule has 1 aromatic carbocycles. The molecule has 0 spiro atoms. The van der Waals surface area contributed by atoms with Gasteiger partial charge in [-0.25, -0.2) is 9.97 Å². The van der Waals surface area contributed by atoms with Crippen molar-refractivity contribution in [2.24, 2.45) is 11.7 Å². The van der Waals surface area contributed by atoms with Gasteiger partial charge in [-0.2, -0.15) is 0 Å². The quantitative estimate of drug-likeness (QED) is 0.451. The molecule has 2 aliphatic rings. The number of rotatable bonds is 12. The van der Waals surface area contributed by atoms with Gasteiger partial charge >= 0.3 is 5.97 Å². The molecule has 3 unspecified atom stereocenters. The third-order valence-electron chi connectivity index (χ3n) is 7.07. The Bertz CT molecular complexity index is 1040. The van der Waals surface area contributed by atoms with Crippen LogP contribution in [0, 0.1) is 5.92 Å². The van der Waals surface area contributed by atoms with Crippen molar-refractivity contribution < 1.29 is 24.2 Å². The number of carboxylic acid groups (broad SMARTS) is 1. The highest BCUT2D eigenvalue weighted by Crippen LogP contribution is 2.42. The lowest BCUT2D eigenvalue weighted by atomic mass is 9.83. The van der Waals surface area contributed by atoms with Gasteiger partial charge in [-0.3, -0.25) is 14.5 Å². The van der Waals surface area contributed by atoms with Crippen LogP contribution in [0.2, 0.25) is 0 Å². The number of hydrogen-bond acceptors (Lipinski definition) is 8. The van der Waals surface area contributed by atoms with Crippen molar-refractivity contribution in [1.82, 2.24) is 19.8 Å². The molecule has 1 saturated heterocycles. The fourth-order valence-corrected chi connectivity index (χ4v) is 5.24. The molecule has 3 N–H and O–H groups in total. The van der Waals surface area contributed by atoms with Crippen molar-refractivity contribution in [3.63, 3.8) is 0 Å². The first kappa shape index (κ1) is 25.8. The average molecular weight is 498 g/mol. The number of fused-ring (bicyclic) bond motifs is 1. The van der Waals surface area contributed by atoms with Gasteiger partial charge in [-0.05, 0) is 43.0 Å². The van der Waals surface area contributed by atoms with Crippen molar-refractivity contribution in [2.75, 3.05) is 39.5 Å². The summed E-state index contributed by atoms with van der Waals surface area (Å²) in [5.41, 5.74) is 7.49. The zero-order chi connectivity index (χ0) is 25.5. The first-order chi connectivity index (χ1) is 17.5. The Kier molecular flexibility index (Phi) is 8.71. The summed E-state index contributed by atoms with van der Waals surface area (Å²) in [6.45, 7) is 4.39. The number of likely N-dealkylation sites (tertiary alicyclic amines) is 1. The molecule has 36 heavy (non-hydrogen) atoms. The number of aromatic nitrogens is 2. The van der Waals surface area contributed by atoms with Crippen LogP contribution in [0.1, 0.15) is 43.4 Å². The van der Waals surface area contributed by atoms with Gasteiger partial charge in [-0.1, -0.05) is 19.4 Å². The van der Waals surface area contributed by atoms with Crippen LogP contribution < -0.4 is 15.2 Å². The third-order valence-corrected chi connectivity index (χ3v) is 7.07. The maximum atomic E-state index is 13.3. The molecular weight excluding hydrogens is 462 g/mol. The lowest BCUT2D eigenvalue weighted by molar-refractivity contribution is -0.143. The lowest BCUT2D eigenvalue weighted by Crippen LogP contribution is -2.45. The standard InChI is InChI=1S/C26H35N5O5/c1-2-3-11-30(12-9-27)24(32)15-31-14-20(18-4-7-22-23(13-18)36-17-35-22)25(26(33)34)21(31)6-5-19-8-10-28-16-29-19/h4,7-8,10,13,16,20-21,25H,2-3,5-6,9,11-12,14-15,17,27H2,1H3,(H,33,34). The molecule has 2 aliphatic heterocycles. The highest BCUT2D eigenvalue weighted by Gasteiger charge is 2.47. The Morgan fingerprint density at radius 1 is 1.22 bits per heavy atom. The van der Waals surface area contributed by atoms with Crippen molar-refractivity contribution in [2.45, 2.75) is 44.6 Å². The number of carbonyl (C=O) groups excluding carboxylic acids is 1. The number of carboxylic acids is 1. The number of unbranched alkanes of at least 4 members (excludes halogenated alkanes) is 1. The predicted octanol–water partition coefficient (Wildman–Crippen LogP) is 1.89. The average Bonchev–Trinajstić information content (AvgIpc) is 3.50. The van der Waals surface area contributed by atoms with Crippen LogP contribution >= 0.6 is 0 Å². The summed E-state index contributed by atoms with van der Waals surface area (Å²) in [5.74, 6) is -0.583. The second kappa shape index (κ2) is 12.1. The highest BCUT2D eigenvalue weighted by atomic mass is 16.7. The number of nitrogens with zero attached hydrogens (tertiary/aromatic N) is 4. The maximum absolute atomic E-state index is 13.3. The summed E-state index contributed by atoms with van der Waals surface area (Å²) >= 11 is 0. The van der Waals surface area contributed by atoms with E-state index in [1.807, 2.05) is 29.2 Å². The smallest absolute Gasteiger partial charge is 0.308 e. The number of hydrogen-bond donors (Lipinski definition) is 2. The number of benzene rings is 1. The van der Waals surface area contributed by atoms with Gasteiger partial charge < -0.3 is 25.2 Å². The van der Waals surface area contributed by atoms with E-state index in [0.29, 0.717) is 50.5 Å². The fourth-order valence-electron chi connectivity index (χ4n) is 5.24. The SMILES string of the molecule is CCCCN(CCN)C(=O)CN1CC(c2ccc3c(c2)OCO3)C(C(=O)O)C1CCc1ccncn1. The fraction of sp³-hybridized carbons (Fsp3) is 0.538. The zero-order valence-corrected chi connectivity index (χ0v) is 20.7. The van der Waals surface area contributed by atoms with E-state index in [1.165, 1.54) is 6.33 Å². The molecule has 0 saturated carbocycles. The minimum Gasteiger partial charge on any atom is -0.481 e. The van der Waals surface area contributed by atoms with Gasteiger partial charge in [0.2, 0.25) is 12.7 Å². The topological polar surface area (TPSA) is 131 Å². The Labute approximate surface area is 211 Å². The monoisotopic (exact) mass is 497 g/mol. The van der Waals surface area contributed by atoms with E-state index in [2.05, 4.69) is 16.9 Å².